The summed E-state index contributed by atoms with van der Waals surface area (Å²) in [5.74, 6) is 0. The molecule has 27 heavy (non-hydrogen) atoms. The summed E-state index contributed by atoms with van der Waals surface area (Å²) in [5.41, 5.74) is 2.77. The van der Waals surface area contributed by atoms with Crippen LogP contribution in [0.5, 0.6) is 0 Å². The number of hydrogen-bond donors (Lipinski definition) is 1. The highest BCUT2D eigenvalue weighted by molar-refractivity contribution is 7.89. The van der Waals surface area contributed by atoms with Gasteiger partial charge < -0.3 is 4.90 Å². The van der Waals surface area contributed by atoms with E-state index in [-0.39, 0.29) is 10.6 Å². The molecule has 0 atom stereocenters. The topological polar surface area (TPSA) is 85.0 Å². The van der Waals surface area contributed by atoms with E-state index in [9.17, 15) is 18.5 Å². The maximum atomic E-state index is 13.0. The molecule has 1 N–H and O–H groups in total. The van der Waals surface area contributed by atoms with Crippen LogP contribution in [0.15, 0.2) is 47.4 Å². The molecule has 7 nitrogen and oxygen atoms in total. The average Bonchev–Trinajstić information content (AvgIpc) is 2.64. The van der Waals surface area contributed by atoms with Crippen LogP contribution in [0.1, 0.15) is 16.7 Å². The Morgan fingerprint density at radius 1 is 1.07 bits per heavy atom. The first-order valence-corrected chi connectivity index (χ1v) is 10.4. The molecule has 2 aromatic rings. The third kappa shape index (κ3) is 4.35. The molecule has 0 bridgehead atoms. The van der Waals surface area contributed by atoms with Gasteiger partial charge in [-0.05, 0) is 19.4 Å². The summed E-state index contributed by atoms with van der Waals surface area (Å²) in [5, 5.41) is 11.0. The highest BCUT2D eigenvalue weighted by atomic mass is 32.2. The van der Waals surface area contributed by atoms with E-state index in [4.69, 9.17) is 0 Å². The van der Waals surface area contributed by atoms with E-state index >= 15 is 0 Å². The van der Waals surface area contributed by atoms with E-state index in [1.807, 2.05) is 0 Å². The van der Waals surface area contributed by atoms with Crippen LogP contribution in [0.4, 0.5) is 5.69 Å². The molecule has 0 aromatic heterocycles. The molecule has 1 aliphatic heterocycles. The average molecular weight is 390 g/mol. The van der Waals surface area contributed by atoms with Crippen molar-refractivity contribution in [3.63, 3.8) is 0 Å². The summed E-state index contributed by atoms with van der Waals surface area (Å²) < 4.78 is 27.4. The van der Waals surface area contributed by atoms with Crippen molar-refractivity contribution < 1.29 is 18.2 Å². The van der Waals surface area contributed by atoms with Crippen molar-refractivity contribution in [1.82, 2.24) is 4.31 Å². The van der Waals surface area contributed by atoms with E-state index in [2.05, 4.69) is 31.2 Å². The largest absolute Gasteiger partial charge is 0.329 e. The van der Waals surface area contributed by atoms with Crippen molar-refractivity contribution in [2.24, 2.45) is 0 Å². The Hall–Kier alpha value is -2.29. The minimum absolute atomic E-state index is 0.0266. The predicted molar refractivity (Wildman–Crippen MR) is 102 cm³/mol. The van der Waals surface area contributed by atoms with Crippen molar-refractivity contribution in [2.45, 2.75) is 25.3 Å². The predicted octanol–water partition coefficient (Wildman–Crippen LogP) is 1.30. The number of benzene rings is 2. The third-order valence-electron chi connectivity index (χ3n) is 5.00. The van der Waals surface area contributed by atoms with Crippen LogP contribution >= 0.6 is 0 Å². The lowest BCUT2D eigenvalue weighted by atomic mass is 10.1. The van der Waals surface area contributed by atoms with Gasteiger partial charge >= 0.3 is 0 Å². The van der Waals surface area contributed by atoms with Gasteiger partial charge in [-0.2, -0.15) is 4.31 Å². The van der Waals surface area contributed by atoms with Crippen molar-refractivity contribution in [1.29, 1.82) is 0 Å². The zero-order valence-electron chi connectivity index (χ0n) is 15.5. The number of aryl methyl sites for hydroxylation is 2. The third-order valence-corrected chi connectivity index (χ3v) is 7.05. The molecule has 2 aromatic carbocycles. The number of hydrogen-bond acceptors (Lipinski definition) is 4. The van der Waals surface area contributed by atoms with E-state index < -0.39 is 14.9 Å². The molecule has 0 aliphatic carbocycles. The van der Waals surface area contributed by atoms with E-state index in [0.717, 1.165) is 12.6 Å². The van der Waals surface area contributed by atoms with E-state index in [0.29, 0.717) is 31.7 Å². The lowest BCUT2D eigenvalue weighted by Crippen LogP contribution is -3.13. The molecule has 3 rings (SSSR count). The van der Waals surface area contributed by atoms with Gasteiger partial charge in [0.2, 0.25) is 10.0 Å². The number of rotatable bonds is 5. The van der Waals surface area contributed by atoms with Crippen molar-refractivity contribution in [2.75, 3.05) is 26.2 Å². The molecular formula is C19H24N3O4S+. The zero-order valence-corrected chi connectivity index (χ0v) is 16.3. The molecule has 144 valence electrons. The van der Waals surface area contributed by atoms with Gasteiger partial charge in [0.05, 0.1) is 36.0 Å². The van der Waals surface area contributed by atoms with Crippen molar-refractivity contribution in [3.05, 3.63) is 69.3 Å². The fourth-order valence-corrected chi connectivity index (χ4v) is 5.02. The zero-order chi connectivity index (χ0) is 19.6. The van der Waals surface area contributed by atoms with Gasteiger partial charge in [-0.3, -0.25) is 10.1 Å². The van der Waals surface area contributed by atoms with Gasteiger partial charge in [0.1, 0.15) is 6.54 Å². The lowest BCUT2D eigenvalue weighted by molar-refractivity contribution is -0.917. The van der Waals surface area contributed by atoms with Crippen LogP contribution in [0, 0.1) is 24.0 Å². The van der Waals surface area contributed by atoms with Crippen LogP contribution < -0.4 is 4.90 Å². The Morgan fingerprint density at radius 2 is 1.70 bits per heavy atom. The maximum Gasteiger partial charge on any atom is 0.270 e. The Balaban J connectivity index is 1.70. The number of nitro benzene ring substituents is 1. The smallest absolute Gasteiger partial charge is 0.270 e. The SMILES string of the molecule is Cc1ccc(C[NH+]2CCN(S(=O)(=O)c3cc([N+](=O)[O-])ccc3C)CC2)cc1. The molecule has 0 radical (unpaired) electrons. The first-order chi connectivity index (χ1) is 12.8. The number of non-ortho nitro benzene ring substituents is 1. The van der Waals surface area contributed by atoms with Gasteiger partial charge in [0.25, 0.3) is 5.69 Å². The van der Waals surface area contributed by atoms with Crippen LogP contribution in [0.2, 0.25) is 0 Å². The Bertz CT molecular complexity index is 934. The van der Waals surface area contributed by atoms with Gasteiger partial charge in [0.15, 0.2) is 0 Å². The van der Waals surface area contributed by atoms with Crippen LogP contribution in [0.3, 0.4) is 0 Å². The van der Waals surface area contributed by atoms with Crippen molar-refractivity contribution in [3.8, 4) is 0 Å². The van der Waals surface area contributed by atoms with Crippen LogP contribution in [0.25, 0.3) is 0 Å². The fraction of sp³-hybridized carbons (Fsp3) is 0.368. The quantitative estimate of drug-likeness (QED) is 0.616. The molecule has 0 amide bonds. The molecule has 1 saturated heterocycles. The van der Waals surface area contributed by atoms with Gasteiger partial charge in [-0.15, -0.1) is 0 Å². The number of nitro groups is 1. The summed E-state index contributed by atoms with van der Waals surface area (Å²) in [6.07, 6.45) is 0. The molecule has 1 aliphatic rings. The monoisotopic (exact) mass is 390 g/mol. The molecule has 8 heteroatoms. The molecule has 0 saturated carbocycles. The molecule has 1 heterocycles. The number of piperazine rings is 1. The first kappa shape index (κ1) is 19.5. The summed E-state index contributed by atoms with van der Waals surface area (Å²) in [7, 11) is -3.74. The molecule has 0 spiro atoms. The summed E-state index contributed by atoms with van der Waals surface area (Å²) in [6, 6.07) is 12.4. The van der Waals surface area contributed by atoms with Gasteiger partial charge in [0, 0.05) is 17.7 Å². The standard InChI is InChI=1S/C19H23N3O4S/c1-15-3-6-17(7-4-15)14-20-9-11-21(12-10-20)27(25,26)19-13-18(22(23)24)8-5-16(19)2/h3-8,13H,9-12,14H2,1-2H3/p+1. The minimum atomic E-state index is -3.74. The van der Waals surface area contributed by atoms with Gasteiger partial charge in [-0.1, -0.05) is 35.9 Å². The fourth-order valence-electron chi connectivity index (χ4n) is 3.33. The van der Waals surface area contributed by atoms with Crippen molar-refractivity contribution >= 4 is 15.7 Å². The second kappa shape index (κ2) is 7.75. The summed E-state index contributed by atoms with van der Waals surface area (Å²) >= 11 is 0. The van der Waals surface area contributed by atoms with E-state index in [1.165, 1.54) is 32.5 Å². The second-order valence-electron chi connectivity index (χ2n) is 7.02. The first-order valence-electron chi connectivity index (χ1n) is 8.91. The molecular weight excluding hydrogens is 366 g/mol. The summed E-state index contributed by atoms with van der Waals surface area (Å²) in [6.45, 7) is 6.81. The normalized spacial score (nSPS) is 16.4. The summed E-state index contributed by atoms with van der Waals surface area (Å²) in [4.78, 5) is 11.8. The maximum absolute atomic E-state index is 13.0. The Kier molecular flexibility index (Phi) is 5.59. The van der Waals surface area contributed by atoms with E-state index in [1.54, 1.807) is 6.92 Å². The number of quaternary nitrogens is 1. The molecule has 1 fully saturated rings. The Morgan fingerprint density at radius 3 is 2.30 bits per heavy atom. The second-order valence-corrected chi connectivity index (χ2v) is 8.93. The Labute approximate surface area is 159 Å². The van der Waals surface area contributed by atoms with Gasteiger partial charge in [-0.25, -0.2) is 8.42 Å². The number of nitrogens with one attached hydrogen (secondary N) is 1. The van der Waals surface area contributed by atoms with Crippen LogP contribution in [-0.2, 0) is 16.6 Å². The number of sulfonamides is 1. The highest BCUT2D eigenvalue weighted by Crippen LogP contribution is 2.24. The minimum Gasteiger partial charge on any atom is -0.329 e. The number of nitrogens with zero attached hydrogens (tertiary/aromatic N) is 2. The van der Waals surface area contributed by atoms with Crippen LogP contribution in [-0.4, -0.2) is 43.8 Å². The lowest BCUT2D eigenvalue weighted by Gasteiger charge is -2.31. The molecule has 0 unspecified atom stereocenters. The highest BCUT2D eigenvalue weighted by Gasteiger charge is 2.32.